The molecule has 0 saturated carbocycles. The predicted octanol–water partition coefficient (Wildman–Crippen LogP) is 3.81. The summed E-state index contributed by atoms with van der Waals surface area (Å²) >= 11 is 0. The fourth-order valence-electron chi connectivity index (χ4n) is 4.13. The molecule has 4 aromatic rings. The molecule has 4 rings (SSSR count). The molecule has 8 heteroatoms. The summed E-state index contributed by atoms with van der Waals surface area (Å²) in [5, 5.41) is 30.5. The highest BCUT2D eigenvalue weighted by Crippen LogP contribution is 2.28. The van der Waals surface area contributed by atoms with Crippen LogP contribution in [-0.4, -0.2) is 33.8 Å². The van der Waals surface area contributed by atoms with Gasteiger partial charge in [0.1, 0.15) is 5.75 Å². The molecule has 1 heterocycles. The van der Waals surface area contributed by atoms with E-state index in [0.29, 0.717) is 41.7 Å². The summed E-state index contributed by atoms with van der Waals surface area (Å²) in [6.45, 7) is 2.76. The molecule has 3 aromatic carbocycles. The van der Waals surface area contributed by atoms with E-state index in [4.69, 9.17) is 0 Å². The van der Waals surface area contributed by atoms with Crippen LogP contribution in [0.5, 0.6) is 5.75 Å². The Morgan fingerprint density at radius 2 is 1.75 bits per heavy atom. The summed E-state index contributed by atoms with van der Waals surface area (Å²) in [6.07, 6.45) is -0.139. The van der Waals surface area contributed by atoms with Crippen LogP contribution in [0.25, 0.3) is 10.9 Å². The third-order valence-electron chi connectivity index (χ3n) is 5.95. The number of H-pyrrole nitrogens is 1. The second kappa shape index (κ2) is 11.5. The van der Waals surface area contributed by atoms with E-state index in [2.05, 4.69) is 20.9 Å². The number of aliphatic hydroxyl groups is 1. The molecule has 2 amide bonds. The second-order valence-corrected chi connectivity index (χ2v) is 8.81. The maximum atomic E-state index is 12.3. The monoisotopic (exact) mass is 486 g/mol. The van der Waals surface area contributed by atoms with Gasteiger partial charge >= 0.3 is 6.03 Å². The number of phenols is 1. The Hall–Kier alpha value is -4.14. The number of hydrogen-bond donors (Lipinski definition) is 6. The molecule has 8 nitrogen and oxygen atoms in total. The fraction of sp³-hybridized carbons (Fsp3) is 0.214. The third kappa shape index (κ3) is 6.50. The summed E-state index contributed by atoms with van der Waals surface area (Å²) in [4.78, 5) is 26.5. The molecule has 0 aliphatic heterocycles. The van der Waals surface area contributed by atoms with Gasteiger partial charge in [-0.05, 0) is 54.3 Å². The number of hydrogen-bond acceptors (Lipinski definition) is 5. The Bertz CT molecular complexity index is 1390. The number of amides is 2. The average molecular weight is 487 g/mol. The van der Waals surface area contributed by atoms with Crippen molar-refractivity contribution < 1.29 is 15.0 Å². The van der Waals surface area contributed by atoms with Gasteiger partial charge in [0.2, 0.25) is 5.56 Å². The maximum Gasteiger partial charge on any atom is 0.319 e. The molecule has 0 spiro atoms. The number of fused-ring (bicyclic) bond motifs is 1. The first kappa shape index (κ1) is 25.0. The summed E-state index contributed by atoms with van der Waals surface area (Å²) < 4.78 is 0. The summed E-state index contributed by atoms with van der Waals surface area (Å²) in [7, 11) is 0. The molecule has 0 bridgehead atoms. The Balaban J connectivity index is 1.31. The van der Waals surface area contributed by atoms with Gasteiger partial charge in [-0.2, -0.15) is 0 Å². The zero-order valence-electron chi connectivity index (χ0n) is 20.0. The van der Waals surface area contributed by atoms with Gasteiger partial charge in [-0.1, -0.05) is 48.5 Å². The number of carbonyl (C=O) groups excluding carboxylic acids is 1. The first-order valence-corrected chi connectivity index (χ1v) is 11.8. The van der Waals surface area contributed by atoms with E-state index in [0.717, 1.165) is 11.1 Å². The van der Waals surface area contributed by atoms with E-state index in [1.165, 1.54) is 12.1 Å². The summed E-state index contributed by atoms with van der Waals surface area (Å²) in [5.41, 5.74) is 3.38. The number of aromatic hydroxyl groups is 1. The van der Waals surface area contributed by atoms with Gasteiger partial charge in [-0.3, -0.25) is 4.79 Å². The van der Waals surface area contributed by atoms with Crippen molar-refractivity contribution in [3.05, 3.63) is 106 Å². The van der Waals surface area contributed by atoms with Crippen LogP contribution in [0.2, 0.25) is 0 Å². The largest absolute Gasteiger partial charge is 0.506 e. The van der Waals surface area contributed by atoms with Crippen molar-refractivity contribution in [3.8, 4) is 5.75 Å². The number of aromatic amines is 1. The highest BCUT2D eigenvalue weighted by atomic mass is 16.3. The van der Waals surface area contributed by atoms with E-state index in [1.54, 1.807) is 12.1 Å². The molecule has 186 valence electrons. The topological polar surface area (TPSA) is 126 Å². The van der Waals surface area contributed by atoms with Gasteiger partial charge in [0.15, 0.2) is 0 Å². The Morgan fingerprint density at radius 3 is 2.56 bits per heavy atom. The lowest BCUT2D eigenvalue weighted by atomic mass is 10.0. The lowest BCUT2D eigenvalue weighted by Crippen LogP contribution is -2.32. The van der Waals surface area contributed by atoms with Gasteiger partial charge in [0.05, 0.1) is 11.6 Å². The SMILES string of the molecule is C[C@H](Cc1cccc(NC(=O)NCc2ccccc2)c1)NC[C@H](O)c1ccc(O)c2[nH]c(=O)ccc12. The van der Waals surface area contributed by atoms with Gasteiger partial charge in [-0.15, -0.1) is 0 Å². The molecule has 2 atom stereocenters. The lowest BCUT2D eigenvalue weighted by molar-refractivity contribution is 0.172. The highest BCUT2D eigenvalue weighted by molar-refractivity contribution is 5.89. The van der Waals surface area contributed by atoms with Gasteiger partial charge in [-0.25, -0.2) is 4.79 Å². The molecule has 0 aliphatic carbocycles. The van der Waals surface area contributed by atoms with Crippen LogP contribution in [0, 0.1) is 0 Å². The number of aliphatic hydroxyl groups excluding tert-OH is 1. The minimum Gasteiger partial charge on any atom is -0.506 e. The van der Waals surface area contributed by atoms with Crippen molar-refractivity contribution in [1.82, 2.24) is 15.6 Å². The molecule has 0 unspecified atom stereocenters. The second-order valence-electron chi connectivity index (χ2n) is 8.81. The molecule has 6 N–H and O–H groups in total. The highest BCUT2D eigenvalue weighted by Gasteiger charge is 2.15. The smallest absolute Gasteiger partial charge is 0.319 e. The van der Waals surface area contributed by atoms with Crippen molar-refractivity contribution in [1.29, 1.82) is 0 Å². The Labute approximate surface area is 209 Å². The molecule has 36 heavy (non-hydrogen) atoms. The first-order valence-electron chi connectivity index (χ1n) is 11.8. The van der Waals surface area contributed by atoms with E-state index in [1.807, 2.05) is 61.5 Å². The minimum atomic E-state index is -0.831. The first-order chi connectivity index (χ1) is 17.4. The van der Waals surface area contributed by atoms with Crippen LogP contribution in [0.15, 0.2) is 83.7 Å². The molecular weight excluding hydrogens is 456 g/mol. The number of carbonyl (C=O) groups is 1. The quantitative estimate of drug-likeness (QED) is 0.215. The molecule has 0 saturated heterocycles. The Kier molecular flexibility index (Phi) is 7.99. The number of pyridine rings is 1. The van der Waals surface area contributed by atoms with Crippen molar-refractivity contribution in [3.63, 3.8) is 0 Å². The van der Waals surface area contributed by atoms with Crippen molar-refractivity contribution in [2.75, 3.05) is 11.9 Å². The lowest BCUT2D eigenvalue weighted by Gasteiger charge is -2.19. The van der Waals surface area contributed by atoms with Crippen molar-refractivity contribution >= 4 is 22.6 Å². The average Bonchev–Trinajstić information content (AvgIpc) is 2.87. The van der Waals surface area contributed by atoms with Crippen LogP contribution in [-0.2, 0) is 13.0 Å². The standard InChI is InChI=1S/C28H30N4O4/c1-18(29-17-25(34)22-10-12-24(33)27-23(22)11-13-26(35)32-27)14-20-8-5-9-21(15-20)31-28(36)30-16-19-6-3-2-4-7-19/h2-13,15,18,25,29,33-34H,14,16-17H2,1H3,(H,32,35)(H2,30,31,36)/t18-,25+/m1/s1. The van der Waals surface area contributed by atoms with Crippen LogP contribution in [0.1, 0.15) is 29.7 Å². The number of anilines is 1. The van der Waals surface area contributed by atoms with Crippen LogP contribution in [0.3, 0.4) is 0 Å². The zero-order chi connectivity index (χ0) is 25.5. The van der Waals surface area contributed by atoms with Gasteiger partial charge < -0.3 is 31.1 Å². The molecule has 0 fully saturated rings. The van der Waals surface area contributed by atoms with Crippen LogP contribution >= 0.6 is 0 Å². The van der Waals surface area contributed by atoms with E-state index >= 15 is 0 Å². The third-order valence-corrected chi connectivity index (χ3v) is 5.95. The zero-order valence-corrected chi connectivity index (χ0v) is 20.0. The van der Waals surface area contributed by atoms with Gasteiger partial charge in [0, 0.05) is 36.3 Å². The fourth-order valence-corrected chi connectivity index (χ4v) is 4.13. The molecule has 0 radical (unpaired) electrons. The van der Waals surface area contributed by atoms with Crippen molar-refractivity contribution in [2.24, 2.45) is 0 Å². The number of phenolic OH excluding ortho intramolecular Hbond substituents is 1. The molecular formula is C28H30N4O4. The number of aromatic nitrogens is 1. The van der Waals surface area contributed by atoms with Gasteiger partial charge in [0.25, 0.3) is 0 Å². The normalized spacial score (nSPS) is 12.7. The van der Waals surface area contributed by atoms with Crippen LogP contribution in [0.4, 0.5) is 10.5 Å². The Morgan fingerprint density at radius 1 is 0.972 bits per heavy atom. The van der Waals surface area contributed by atoms with E-state index in [9.17, 15) is 19.8 Å². The minimum absolute atomic E-state index is 0.0396. The molecule has 0 aliphatic rings. The number of urea groups is 1. The predicted molar refractivity (Wildman–Crippen MR) is 141 cm³/mol. The number of benzene rings is 3. The van der Waals surface area contributed by atoms with E-state index in [-0.39, 0.29) is 23.4 Å². The summed E-state index contributed by atoms with van der Waals surface area (Å²) in [6, 6.07) is 23.2. The summed E-state index contributed by atoms with van der Waals surface area (Å²) in [5.74, 6) is -0.0396. The number of rotatable bonds is 9. The van der Waals surface area contributed by atoms with Crippen LogP contribution < -0.4 is 21.5 Å². The van der Waals surface area contributed by atoms with E-state index < -0.39 is 6.10 Å². The molecule has 1 aromatic heterocycles. The maximum absolute atomic E-state index is 12.3. The number of nitrogens with one attached hydrogen (secondary N) is 4. The van der Waals surface area contributed by atoms with Crippen molar-refractivity contribution in [2.45, 2.75) is 32.0 Å².